The van der Waals surface area contributed by atoms with E-state index in [1.54, 1.807) is 11.0 Å². The minimum atomic E-state index is -0.774. The SMILES string of the molecule is COc1cccc(C(=O)OCC(=O)N2CC(C)OC(C)C2)c1O. The highest BCUT2D eigenvalue weighted by Gasteiger charge is 2.27. The molecule has 1 aromatic carbocycles. The molecule has 1 saturated heterocycles. The number of hydrogen-bond donors (Lipinski definition) is 1. The van der Waals surface area contributed by atoms with Crippen LogP contribution < -0.4 is 4.74 Å². The average molecular weight is 323 g/mol. The number of phenols is 1. The van der Waals surface area contributed by atoms with E-state index in [1.165, 1.54) is 19.2 Å². The molecule has 1 amide bonds. The van der Waals surface area contributed by atoms with Gasteiger partial charge in [-0.05, 0) is 26.0 Å². The van der Waals surface area contributed by atoms with Gasteiger partial charge in [0.05, 0.1) is 19.3 Å². The van der Waals surface area contributed by atoms with Crippen molar-refractivity contribution in [3.05, 3.63) is 23.8 Å². The van der Waals surface area contributed by atoms with E-state index in [-0.39, 0.29) is 41.8 Å². The molecule has 2 atom stereocenters. The highest BCUT2D eigenvalue weighted by molar-refractivity contribution is 5.94. The van der Waals surface area contributed by atoms with Crippen molar-refractivity contribution in [1.29, 1.82) is 0 Å². The fourth-order valence-corrected chi connectivity index (χ4v) is 2.53. The molecule has 0 bridgehead atoms. The first kappa shape index (κ1) is 17.1. The molecular formula is C16H21NO6. The van der Waals surface area contributed by atoms with Gasteiger partial charge in [0.25, 0.3) is 5.91 Å². The van der Waals surface area contributed by atoms with Crippen molar-refractivity contribution >= 4 is 11.9 Å². The zero-order valence-electron chi connectivity index (χ0n) is 13.4. The Kier molecular flexibility index (Phi) is 5.44. The van der Waals surface area contributed by atoms with Crippen molar-refractivity contribution in [1.82, 2.24) is 4.90 Å². The zero-order chi connectivity index (χ0) is 17.0. The van der Waals surface area contributed by atoms with Gasteiger partial charge in [-0.15, -0.1) is 0 Å². The Hall–Kier alpha value is -2.28. The summed E-state index contributed by atoms with van der Waals surface area (Å²) in [5.41, 5.74) is -0.0409. The summed E-state index contributed by atoms with van der Waals surface area (Å²) in [4.78, 5) is 25.8. The number of carbonyl (C=O) groups is 2. The lowest BCUT2D eigenvalue weighted by atomic mass is 10.2. The zero-order valence-corrected chi connectivity index (χ0v) is 13.4. The number of amides is 1. The molecule has 2 unspecified atom stereocenters. The molecule has 23 heavy (non-hydrogen) atoms. The molecule has 2 rings (SSSR count). The number of ether oxygens (including phenoxy) is 3. The number of carbonyl (C=O) groups excluding carboxylic acids is 2. The summed E-state index contributed by atoms with van der Waals surface area (Å²) in [7, 11) is 1.38. The predicted molar refractivity (Wildman–Crippen MR) is 81.5 cm³/mol. The molecule has 126 valence electrons. The first-order valence-electron chi connectivity index (χ1n) is 7.38. The standard InChI is InChI=1S/C16H21NO6/c1-10-7-17(8-11(2)23-10)14(18)9-22-16(20)12-5-4-6-13(21-3)15(12)19/h4-6,10-11,19H,7-9H2,1-3H3. The molecule has 1 aromatic rings. The van der Waals surface area contributed by atoms with Crippen LogP contribution in [0.1, 0.15) is 24.2 Å². The van der Waals surface area contributed by atoms with E-state index in [9.17, 15) is 14.7 Å². The van der Waals surface area contributed by atoms with E-state index in [0.717, 1.165) is 0 Å². The molecule has 0 aliphatic carbocycles. The van der Waals surface area contributed by atoms with Gasteiger partial charge in [-0.3, -0.25) is 4.79 Å². The number of methoxy groups -OCH3 is 1. The summed E-state index contributed by atoms with van der Waals surface area (Å²) in [6.45, 7) is 4.32. The highest BCUT2D eigenvalue weighted by Crippen LogP contribution is 2.29. The molecule has 7 heteroatoms. The van der Waals surface area contributed by atoms with E-state index in [0.29, 0.717) is 13.1 Å². The van der Waals surface area contributed by atoms with Gasteiger partial charge in [0, 0.05) is 13.1 Å². The summed E-state index contributed by atoms with van der Waals surface area (Å²) in [5, 5.41) is 9.90. The van der Waals surface area contributed by atoms with Gasteiger partial charge in [-0.1, -0.05) is 6.07 Å². The molecule has 0 aromatic heterocycles. The minimum Gasteiger partial charge on any atom is -0.504 e. The van der Waals surface area contributed by atoms with Crippen LogP contribution in [0.25, 0.3) is 0 Å². The summed E-state index contributed by atoms with van der Waals surface area (Å²) in [5.74, 6) is -1.20. The van der Waals surface area contributed by atoms with Crippen LogP contribution in [0, 0.1) is 0 Å². The van der Waals surface area contributed by atoms with Crippen LogP contribution in [-0.4, -0.2) is 60.9 Å². The monoisotopic (exact) mass is 323 g/mol. The third-order valence-corrected chi connectivity index (χ3v) is 3.54. The fraction of sp³-hybridized carbons (Fsp3) is 0.500. The second-order valence-corrected chi connectivity index (χ2v) is 5.49. The molecule has 1 fully saturated rings. The van der Waals surface area contributed by atoms with Gasteiger partial charge >= 0.3 is 5.97 Å². The van der Waals surface area contributed by atoms with Gasteiger partial charge in [-0.2, -0.15) is 0 Å². The lowest BCUT2D eigenvalue weighted by Gasteiger charge is -2.35. The third-order valence-electron chi connectivity index (χ3n) is 3.54. The number of phenolic OH excluding ortho intramolecular Hbond substituents is 1. The largest absolute Gasteiger partial charge is 0.504 e. The topological polar surface area (TPSA) is 85.3 Å². The second-order valence-electron chi connectivity index (χ2n) is 5.49. The fourth-order valence-electron chi connectivity index (χ4n) is 2.53. The normalized spacial score (nSPS) is 20.9. The van der Waals surface area contributed by atoms with Crippen molar-refractivity contribution < 1.29 is 28.9 Å². The Morgan fingerprint density at radius 1 is 1.30 bits per heavy atom. The predicted octanol–water partition coefficient (Wildman–Crippen LogP) is 1.19. The van der Waals surface area contributed by atoms with Crippen molar-refractivity contribution in [2.75, 3.05) is 26.8 Å². The minimum absolute atomic E-state index is 0.0409. The molecule has 1 aliphatic heterocycles. The molecule has 0 spiro atoms. The average Bonchev–Trinajstić information content (AvgIpc) is 2.51. The Labute approximate surface area is 134 Å². The molecule has 1 N–H and O–H groups in total. The molecule has 0 radical (unpaired) electrons. The van der Waals surface area contributed by atoms with Crippen LogP contribution >= 0.6 is 0 Å². The van der Waals surface area contributed by atoms with Crippen molar-refractivity contribution in [3.63, 3.8) is 0 Å². The number of hydrogen-bond acceptors (Lipinski definition) is 6. The molecular weight excluding hydrogens is 302 g/mol. The van der Waals surface area contributed by atoms with Gasteiger partial charge in [0.2, 0.25) is 0 Å². The number of nitrogens with zero attached hydrogens (tertiary/aromatic N) is 1. The number of rotatable bonds is 4. The summed E-state index contributed by atoms with van der Waals surface area (Å²) < 4.78 is 15.5. The van der Waals surface area contributed by atoms with Crippen molar-refractivity contribution in [3.8, 4) is 11.5 Å². The third kappa shape index (κ3) is 4.13. The van der Waals surface area contributed by atoms with Crippen molar-refractivity contribution in [2.24, 2.45) is 0 Å². The van der Waals surface area contributed by atoms with E-state index in [4.69, 9.17) is 14.2 Å². The summed E-state index contributed by atoms with van der Waals surface area (Å²) >= 11 is 0. The summed E-state index contributed by atoms with van der Waals surface area (Å²) in [6, 6.07) is 4.49. The van der Waals surface area contributed by atoms with Crippen LogP contribution in [0.5, 0.6) is 11.5 Å². The summed E-state index contributed by atoms with van der Waals surface area (Å²) in [6.07, 6.45) is -0.110. The molecule has 1 aliphatic rings. The Morgan fingerprint density at radius 3 is 2.57 bits per heavy atom. The quantitative estimate of drug-likeness (QED) is 0.838. The first-order valence-corrected chi connectivity index (χ1v) is 7.38. The van der Waals surface area contributed by atoms with Gasteiger partial charge in [-0.25, -0.2) is 4.79 Å². The maximum absolute atomic E-state index is 12.1. The lowest BCUT2D eigenvalue weighted by Crippen LogP contribution is -2.49. The van der Waals surface area contributed by atoms with Crippen molar-refractivity contribution in [2.45, 2.75) is 26.1 Å². The lowest BCUT2D eigenvalue weighted by molar-refractivity contribution is -0.146. The molecule has 1 heterocycles. The number of benzene rings is 1. The Bertz CT molecular complexity index is 578. The van der Waals surface area contributed by atoms with Crippen LogP contribution in [0.4, 0.5) is 0 Å². The van der Waals surface area contributed by atoms with E-state index >= 15 is 0 Å². The molecule has 7 nitrogen and oxygen atoms in total. The number of aromatic hydroxyl groups is 1. The highest BCUT2D eigenvalue weighted by atomic mass is 16.5. The molecule has 0 saturated carbocycles. The second kappa shape index (κ2) is 7.32. The van der Waals surface area contributed by atoms with Crippen LogP contribution in [0.2, 0.25) is 0 Å². The smallest absolute Gasteiger partial charge is 0.342 e. The van der Waals surface area contributed by atoms with Crippen LogP contribution in [0.3, 0.4) is 0 Å². The maximum atomic E-state index is 12.1. The van der Waals surface area contributed by atoms with Crippen LogP contribution in [0.15, 0.2) is 18.2 Å². The Balaban J connectivity index is 1.95. The Morgan fingerprint density at radius 2 is 1.96 bits per heavy atom. The van der Waals surface area contributed by atoms with E-state index < -0.39 is 5.97 Å². The van der Waals surface area contributed by atoms with Crippen LogP contribution in [-0.2, 0) is 14.3 Å². The first-order chi connectivity index (χ1) is 10.9. The van der Waals surface area contributed by atoms with Gasteiger partial charge in [0.15, 0.2) is 18.1 Å². The van der Waals surface area contributed by atoms with E-state index in [1.807, 2.05) is 13.8 Å². The van der Waals surface area contributed by atoms with E-state index in [2.05, 4.69) is 0 Å². The van der Waals surface area contributed by atoms with Gasteiger partial charge < -0.3 is 24.2 Å². The maximum Gasteiger partial charge on any atom is 0.342 e. The number of esters is 1. The van der Waals surface area contributed by atoms with Gasteiger partial charge in [0.1, 0.15) is 5.56 Å². The number of para-hydroxylation sites is 1. The number of morpholine rings is 1.